The molecule has 0 atom stereocenters. The zero-order valence-corrected chi connectivity index (χ0v) is 20.8. The molecule has 2 heterocycles. The summed E-state index contributed by atoms with van der Waals surface area (Å²) in [6, 6.07) is 24.0. The van der Waals surface area contributed by atoms with Gasteiger partial charge in [0, 0.05) is 36.1 Å². The fraction of sp³-hybridized carbons (Fsp3) is 0.133. The lowest BCUT2D eigenvalue weighted by Gasteiger charge is -2.27. The van der Waals surface area contributed by atoms with Gasteiger partial charge in [0.05, 0.1) is 12.7 Å². The molecule has 1 aromatic heterocycles. The number of methoxy groups -OCH3 is 1. The van der Waals surface area contributed by atoms with Gasteiger partial charge >= 0.3 is 5.97 Å². The molecule has 3 aromatic carbocycles. The number of thiazole rings is 1. The first-order chi connectivity index (χ1) is 17.7. The Bertz CT molecular complexity index is 1480. The Morgan fingerprint density at radius 2 is 1.83 bits per heavy atom. The number of ether oxygens (including phenoxy) is 1. The number of hydrogen-bond acceptors (Lipinski definition) is 5. The number of allylic oxidation sites excluding steroid dienone is 4. The van der Waals surface area contributed by atoms with Gasteiger partial charge in [-0.25, -0.2) is 4.79 Å². The van der Waals surface area contributed by atoms with Crippen LogP contribution in [0.25, 0.3) is 21.9 Å². The van der Waals surface area contributed by atoms with Crippen LogP contribution < -0.4 is 14.6 Å². The Balaban J connectivity index is 1.39. The van der Waals surface area contributed by atoms with Crippen molar-refractivity contribution < 1.29 is 19.2 Å². The van der Waals surface area contributed by atoms with Crippen molar-refractivity contribution in [2.45, 2.75) is 13.1 Å². The van der Waals surface area contributed by atoms with Crippen LogP contribution in [0.1, 0.15) is 26.5 Å². The highest BCUT2D eigenvalue weighted by molar-refractivity contribution is 7.18. The lowest BCUT2D eigenvalue weighted by Crippen LogP contribution is -2.39. The molecular weight excluding hydrogens is 468 g/mol. The fourth-order valence-electron chi connectivity index (χ4n) is 4.39. The molecule has 0 N–H and O–H groups in total. The molecule has 6 heteroatoms. The summed E-state index contributed by atoms with van der Waals surface area (Å²) in [4.78, 5) is 13.9. The molecule has 180 valence electrons. The summed E-state index contributed by atoms with van der Waals surface area (Å²) in [6.45, 7) is 0.998. The minimum atomic E-state index is -0.332. The van der Waals surface area contributed by atoms with Gasteiger partial charge in [-0.1, -0.05) is 72.6 Å². The van der Waals surface area contributed by atoms with Crippen LogP contribution in [0.3, 0.4) is 0 Å². The number of carbonyl (C=O) groups excluding carboxylic acids is 1. The summed E-state index contributed by atoms with van der Waals surface area (Å²) in [6.07, 6.45) is 10.5. The van der Waals surface area contributed by atoms with Crippen LogP contribution in [0.15, 0.2) is 97.2 Å². The molecule has 0 spiro atoms. The van der Waals surface area contributed by atoms with Crippen LogP contribution >= 0.6 is 11.3 Å². The second-order valence-corrected chi connectivity index (χ2v) is 9.46. The number of carbonyl (C=O) groups is 1. The molecule has 1 aliphatic heterocycles. The quantitative estimate of drug-likeness (QED) is 0.269. The van der Waals surface area contributed by atoms with E-state index in [0.29, 0.717) is 18.7 Å². The molecule has 36 heavy (non-hydrogen) atoms. The molecule has 0 saturated heterocycles. The Morgan fingerprint density at radius 3 is 2.64 bits per heavy atom. The minimum Gasteiger partial charge on any atom is -0.850 e. The number of esters is 1. The van der Waals surface area contributed by atoms with E-state index in [2.05, 4.69) is 64.2 Å². The predicted octanol–water partition coefficient (Wildman–Crippen LogP) is 4.97. The maximum absolute atomic E-state index is 11.7. The second-order valence-electron chi connectivity index (χ2n) is 8.39. The van der Waals surface area contributed by atoms with Gasteiger partial charge in [-0.3, -0.25) is 0 Å². The highest BCUT2D eigenvalue weighted by Gasteiger charge is 2.18. The number of nitrogens with zero attached hydrogens (tertiary/aromatic N) is 2. The first-order valence-electron chi connectivity index (χ1n) is 11.8. The maximum atomic E-state index is 11.7. The van der Waals surface area contributed by atoms with Gasteiger partial charge < -0.3 is 14.7 Å². The Hall–Kier alpha value is -4.00. The zero-order chi connectivity index (χ0) is 24.9. The van der Waals surface area contributed by atoms with Crippen molar-refractivity contribution in [1.29, 1.82) is 0 Å². The first kappa shape index (κ1) is 23.7. The molecule has 0 fully saturated rings. The number of rotatable bonds is 7. The molecule has 4 aromatic rings. The molecule has 5 rings (SSSR count). The van der Waals surface area contributed by atoms with Crippen molar-refractivity contribution in [3.05, 3.63) is 119 Å². The van der Waals surface area contributed by atoms with E-state index >= 15 is 0 Å². The van der Waals surface area contributed by atoms with Crippen molar-refractivity contribution in [3.63, 3.8) is 0 Å². The van der Waals surface area contributed by atoms with Crippen LogP contribution in [-0.4, -0.2) is 19.7 Å². The van der Waals surface area contributed by atoms with Crippen LogP contribution in [0.5, 0.6) is 0 Å². The SMILES string of the molecule is COC(=O)c1ccc(CN2C=C/C(=C\C=C\c3sc4ccccc4[n+]3CC[O-])c3ccccc32)cc1. The second kappa shape index (κ2) is 10.7. The summed E-state index contributed by atoms with van der Waals surface area (Å²) in [5.74, 6) is -0.332. The number of fused-ring (bicyclic) bond motifs is 2. The Morgan fingerprint density at radius 1 is 1.06 bits per heavy atom. The monoisotopic (exact) mass is 494 g/mol. The number of hydrogen-bond donors (Lipinski definition) is 0. The zero-order valence-electron chi connectivity index (χ0n) is 20.0. The number of aromatic nitrogens is 1. The molecular formula is C30H26N2O3S. The molecule has 0 amide bonds. The van der Waals surface area contributed by atoms with E-state index in [0.717, 1.165) is 32.9 Å². The van der Waals surface area contributed by atoms with Crippen molar-refractivity contribution in [3.8, 4) is 0 Å². The number of para-hydroxylation sites is 2. The van der Waals surface area contributed by atoms with Gasteiger partial charge in [-0.2, -0.15) is 4.57 Å². The first-order valence-corrected chi connectivity index (χ1v) is 12.6. The van der Waals surface area contributed by atoms with Gasteiger partial charge in [0.1, 0.15) is 11.2 Å². The summed E-state index contributed by atoms with van der Waals surface area (Å²) in [7, 11) is 1.39. The van der Waals surface area contributed by atoms with E-state index in [1.807, 2.05) is 36.4 Å². The van der Waals surface area contributed by atoms with Crippen LogP contribution in [-0.2, 0) is 17.8 Å². The van der Waals surface area contributed by atoms with Gasteiger partial charge in [0.2, 0.25) is 5.52 Å². The van der Waals surface area contributed by atoms with Crippen molar-refractivity contribution in [2.24, 2.45) is 0 Å². The smallest absolute Gasteiger partial charge is 0.337 e. The molecule has 5 nitrogen and oxygen atoms in total. The van der Waals surface area contributed by atoms with E-state index < -0.39 is 0 Å². The number of anilines is 1. The van der Waals surface area contributed by atoms with E-state index in [1.165, 1.54) is 11.8 Å². The fourth-order valence-corrected chi connectivity index (χ4v) is 5.49. The maximum Gasteiger partial charge on any atom is 0.337 e. The molecule has 0 aliphatic carbocycles. The third-order valence-corrected chi connectivity index (χ3v) is 7.28. The summed E-state index contributed by atoms with van der Waals surface area (Å²) < 4.78 is 8.07. The third kappa shape index (κ3) is 4.87. The Kier molecular flexibility index (Phi) is 7.07. The van der Waals surface area contributed by atoms with E-state index in [-0.39, 0.29) is 12.6 Å². The van der Waals surface area contributed by atoms with E-state index in [4.69, 9.17) is 4.74 Å². The van der Waals surface area contributed by atoms with Crippen molar-refractivity contribution in [1.82, 2.24) is 0 Å². The largest absolute Gasteiger partial charge is 0.850 e. The highest BCUT2D eigenvalue weighted by atomic mass is 32.1. The summed E-state index contributed by atoms with van der Waals surface area (Å²) in [5.41, 5.74) is 6.14. The van der Waals surface area contributed by atoms with Crippen molar-refractivity contribution in [2.75, 3.05) is 18.6 Å². The van der Waals surface area contributed by atoms with Gasteiger partial charge in [0.25, 0.3) is 5.01 Å². The van der Waals surface area contributed by atoms with Gasteiger partial charge in [0.15, 0.2) is 0 Å². The van der Waals surface area contributed by atoms with Crippen LogP contribution in [0.2, 0.25) is 0 Å². The molecule has 0 radical (unpaired) electrons. The average Bonchev–Trinajstić information content (AvgIpc) is 3.27. The topological polar surface area (TPSA) is 56.5 Å². The highest BCUT2D eigenvalue weighted by Crippen LogP contribution is 2.34. The van der Waals surface area contributed by atoms with Crippen LogP contribution in [0, 0.1) is 0 Å². The third-order valence-electron chi connectivity index (χ3n) is 6.15. The van der Waals surface area contributed by atoms with Crippen LogP contribution in [0.4, 0.5) is 5.69 Å². The minimum absolute atomic E-state index is 0.148. The van der Waals surface area contributed by atoms with Gasteiger partial charge in [-0.05, 0) is 41.5 Å². The summed E-state index contributed by atoms with van der Waals surface area (Å²) >= 11 is 1.69. The molecule has 0 bridgehead atoms. The Labute approximate surface area is 214 Å². The van der Waals surface area contributed by atoms with Gasteiger partial charge in [-0.15, -0.1) is 0 Å². The predicted molar refractivity (Wildman–Crippen MR) is 143 cm³/mol. The summed E-state index contributed by atoms with van der Waals surface area (Å²) in [5, 5.41) is 12.5. The lowest BCUT2D eigenvalue weighted by molar-refractivity contribution is -0.685. The van der Waals surface area contributed by atoms with E-state index in [1.54, 1.807) is 23.5 Å². The molecule has 1 aliphatic rings. The normalized spacial score (nSPS) is 14.1. The molecule has 0 unspecified atom stereocenters. The standard InChI is InChI=1S/C30H26N2O3S/c1-35-30(34)24-15-13-22(14-16-24)21-31-18-17-23(25-8-2-3-9-26(25)31)7-6-12-29-32(19-20-33)27-10-4-5-11-28(27)36-29/h2-18H,19-21H2,1H3. The number of benzene rings is 3. The molecule has 0 saturated carbocycles. The average molecular weight is 495 g/mol. The lowest BCUT2D eigenvalue weighted by atomic mass is 9.99. The van der Waals surface area contributed by atoms with E-state index in [9.17, 15) is 9.90 Å². The van der Waals surface area contributed by atoms with Crippen molar-refractivity contribution >= 4 is 44.9 Å².